The lowest BCUT2D eigenvalue weighted by Gasteiger charge is -2.28. The molecule has 1 fully saturated rings. The van der Waals surface area contributed by atoms with E-state index < -0.39 is 0 Å². The van der Waals surface area contributed by atoms with Gasteiger partial charge in [-0.2, -0.15) is 0 Å². The predicted octanol–water partition coefficient (Wildman–Crippen LogP) is 6.92. The van der Waals surface area contributed by atoms with Gasteiger partial charge in [-0.3, -0.25) is 0 Å². The van der Waals surface area contributed by atoms with Crippen LogP contribution in [0.5, 0.6) is 0 Å². The van der Waals surface area contributed by atoms with Gasteiger partial charge in [0.05, 0.1) is 0 Å². The molecule has 0 atom stereocenters. The van der Waals surface area contributed by atoms with Crippen LogP contribution in [0.3, 0.4) is 0 Å². The van der Waals surface area contributed by atoms with Gasteiger partial charge in [0.2, 0.25) is 0 Å². The molecule has 2 aromatic carbocycles. The first-order chi connectivity index (χ1) is 13.3. The van der Waals surface area contributed by atoms with Crippen LogP contribution in [0, 0.1) is 29.6 Å². The summed E-state index contributed by atoms with van der Waals surface area (Å²) in [5.74, 6) is 14.2. The third kappa shape index (κ3) is 5.77. The second-order valence-corrected chi connectivity index (χ2v) is 7.68. The lowest BCUT2D eigenvalue weighted by atomic mass is 9.77. The van der Waals surface area contributed by atoms with Crippen molar-refractivity contribution >= 4 is 0 Å². The number of hydrogen-bond donors (Lipinski definition) is 0. The molecule has 2 aromatic rings. The van der Waals surface area contributed by atoms with E-state index in [9.17, 15) is 0 Å². The summed E-state index contributed by atoms with van der Waals surface area (Å²) in [4.78, 5) is 0. The molecule has 0 amide bonds. The Morgan fingerprint density at radius 1 is 0.741 bits per heavy atom. The molecule has 0 aromatic heterocycles. The van der Waals surface area contributed by atoms with E-state index in [1.165, 1.54) is 50.5 Å². The van der Waals surface area contributed by atoms with Crippen molar-refractivity contribution in [3.8, 4) is 23.7 Å². The molecule has 27 heavy (non-hydrogen) atoms. The van der Waals surface area contributed by atoms with Gasteiger partial charge in [-0.15, -0.1) is 5.92 Å². The predicted molar refractivity (Wildman–Crippen MR) is 116 cm³/mol. The van der Waals surface area contributed by atoms with Gasteiger partial charge in [0.1, 0.15) is 0 Å². The van der Waals surface area contributed by atoms with E-state index >= 15 is 0 Å². The second kappa shape index (κ2) is 10.0. The molecule has 0 saturated heterocycles. The summed E-state index contributed by atoms with van der Waals surface area (Å²) >= 11 is 0. The molecule has 1 aliphatic carbocycles. The van der Waals surface area contributed by atoms with E-state index in [2.05, 4.69) is 54.9 Å². The fourth-order valence-electron chi connectivity index (χ4n) is 4.04. The van der Waals surface area contributed by atoms with E-state index in [1.807, 2.05) is 31.2 Å². The molecule has 0 spiro atoms. The molecule has 0 radical (unpaired) electrons. The largest absolute Gasteiger partial charge is 0.101 e. The SMILES string of the molecule is CC#Cc1ccc(C#Cc2ccc([C@H]3CC[C@H](CCCC)CC3)cc2)cc1. The van der Waals surface area contributed by atoms with Crippen LogP contribution in [0.4, 0.5) is 0 Å². The zero-order valence-corrected chi connectivity index (χ0v) is 16.7. The van der Waals surface area contributed by atoms with Crippen molar-refractivity contribution in [2.75, 3.05) is 0 Å². The zero-order valence-electron chi connectivity index (χ0n) is 16.7. The highest BCUT2D eigenvalue weighted by Gasteiger charge is 2.21. The maximum Gasteiger partial charge on any atom is 0.0249 e. The van der Waals surface area contributed by atoms with Crippen molar-refractivity contribution in [1.82, 2.24) is 0 Å². The summed E-state index contributed by atoms with van der Waals surface area (Å²) in [5, 5.41) is 0. The maximum absolute atomic E-state index is 3.29. The summed E-state index contributed by atoms with van der Waals surface area (Å²) in [5.41, 5.74) is 4.66. The second-order valence-electron chi connectivity index (χ2n) is 7.68. The normalized spacial score (nSPS) is 18.7. The molecule has 0 unspecified atom stereocenters. The van der Waals surface area contributed by atoms with Gasteiger partial charge in [-0.1, -0.05) is 56.1 Å². The molecule has 3 rings (SSSR count). The van der Waals surface area contributed by atoms with E-state index in [0.29, 0.717) is 0 Å². The van der Waals surface area contributed by atoms with Gasteiger partial charge in [-0.25, -0.2) is 0 Å². The molecule has 1 saturated carbocycles. The maximum atomic E-state index is 3.29. The molecule has 0 nitrogen and oxygen atoms in total. The molecular weight excluding hydrogens is 324 g/mol. The highest BCUT2D eigenvalue weighted by atomic mass is 14.3. The van der Waals surface area contributed by atoms with Crippen LogP contribution >= 0.6 is 0 Å². The highest BCUT2D eigenvalue weighted by Crippen LogP contribution is 2.37. The van der Waals surface area contributed by atoms with Crippen LogP contribution < -0.4 is 0 Å². The third-order valence-electron chi connectivity index (χ3n) is 5.70. The monoisotopic (exact) mass is 354 g/mol. The standard InChI is InChI=1S/C27H30/c1-3-5-7-23-14-18-26(19-15-23)27-20-16-25(17-21-27)13-12-24-10-8-22(6-4-2)9-11-24/h8-11,16-17,20-21,23,26H,3,5,7,14-15,18-19H2,1-2H3/t23-,26-. The summed E-state index contributed by atoms with van der Waals surface area (Å²) < 4.78 is 0. The fourth-order valence-corrected chi connectivity index (χ4v) is 4.04. The Morgan fingerprint density at radius 2 is 1.26 bits per heavy atom. The van der Waals surface area contributed by atoms with Crippen molar-refractivity contribution in [2.45, 2.75) is 64.7 Å². The van der Waals surface area contributed by atoms with Gasteiger partial charge in [-0.05, 0) is 86.4 Å². The van der Waals surface area contributed by atoms with Crippen LogP contribution in [0.25, 0.3) is 0 Å². The molecule has 0 aliphatic heterocycles. The summed E-state index contributed by atoms with van der Waals surface area (Å²) in [7, 11) is 0. The van der Waals surface area contributed by atoms with Crippen molar-refractivity contribution in [3.05, 3.63) is 70.8 Å². The van der Waals surface area contributed by atoms with Gasteiger partial charge in [0.15, 0.2) is 0 Å². The van der Waals surface area contributed by atoms with Crippen LogP contribution in [-0.4, -0.2) is 0 Å². The topological polar surface area (TPSA) is 0 Å². The average molecular weight is 355 g/mol. The summed E-state index contributed by atoms with van der Waals surface area (Å²) in [6.45, 7) is 4.15. The van der Waals surface area contributed by atoms with Gasteiger partial charge in [0, 0.05) is 16.7 Å². The number of unbranched alkanes of at least 4 members (excludes halogenated alkanes) is 1. The first kappa shape index (κ1) is 19.3. The van der Waals surface area contributed by atoms with Gasteiger partial charge < -0.3 is 0 Å². The van der Waals surface area contributed by atoms with E-state index in [0.717, 1.165) is 28.5 Å². The van der Waals surface area contributed by atoms with E-state index in [1.54, 1.807) is 0 Å². The molecule has 138 valence electrons. The Morgan fingerprint density at radius 3 is 1.78 bits per heavy atom. The van der Waals surface area contributed by atoms with E-state index in [4.69, 9.17) is 0 Å². The minimum atomic E-state index is 0.747. The van der Waals surface area contributed by atoms with Crippen LogP contribution in [-0.2, 0) is 0 Å². The quantitative estimate of drug-likeness (QED) is 0.523. The zero-order chi connectivity index (χ0) is 18.9. The lowest BCUT2D eigenvalue weighted by molar-refractivity contribution is 0.304. The van der Waals surface area contributed by atoms with E-state index in [-0.39, 0.29) is 0 Å². The lowest BCUT2D eigenvalue weighted by Crippen LogP contribution is -2.13. The molecular formula is C27H30. The number of hydrogen-bond acceptors (Lipinski definition) is 0. The first-order valence-corrected chi connectivity index (χ1v) is 10.4. The first-order valence-electron chi connectivity index (χ1n) is 10.4. The summed E-state index contributed by atoms with van der Waals surface area (Å²) in [6, 6.07) is 17.1. The molecule has 0 N–H and O–H groups in total. The van der Waals surface area contributed by atoms with Crippen molar-refractivity contribution < 1.29 is 0 Å². The minimum absolute atomic E-state index is 0.747. The molecule has 0 bridgehead atoms. The average Bonchev–Trinajstić information content (AvgIpc) is 2.73. The Hall–Kier alpha value is -2.44. The number of rotatable bonds is 4. The smallest absolute Gasteiger partial charge is 0.0249 e. The molecule has 0 heteroatoms. The number of benzene rings is 2. The Labute approximate surface area is 165 Å². The van der Waals surface area contributed by atoms with Crippen molar-refractivity contribution in [2.24, 2.45) is 5.92 Å². The Bertz CT molecular complexity index is 823. The summed E-state index contributed by atoms with van der Waals surface area (Å²) in [6.07, 6.45) is 9.69. The van der Waals surface area contributed by atoms with Crippen LogP contribution in [0.15, 0.2) is 48.5 Å². The van der Waals surface area contributed by atoms with Crippen molar-refractivity contribution in [1.29, 1.82) is 0 Å². The fraction of sp³-hybridized carbons (Fsp3) is 0.407. The third-order valence-corrected chi connectivity index (χ3v) is 5.70. The van der Waals surface area contributed by atoms with Crippen LogP contribution in [0.1, 0.15) is 87.0 Å². The van der Waals surface area contributed by atoms with Crippen molar-refractivity contribution in [3.63, 3.8) is 0 Å². The molecule has 0 heterocycles. The molecule has 1 aliphatic rings. The van der Waals surface area contributed by atoms with Gasteiger partial charge in [0.25, 0.3) is 0 Å². The highest BCUT2D eigenvalue weighted by molar-refractivity contribution is 5.46. The minimum Gasteiger partial charge on any atom is -0.101 e. The Balaban J connectivity index is 1.57. The Kier molecular flexibility index (Phi) is 7.19. The van der Waals surface area contributed by atoms with Crippen LogP contribution in [0.2, 0.25) is 0 Å². The van der Waals surface area contributed by atoms with Gasteiger partial charge >= 0.3 is 0 Å².